The first-order valence-electron chi connectivity index (χ1n) is 18.2. The Kier molecular flexibility index (Phi) is 7.84. The molecule has 0 fully saturated rings. The minimum Gasteiger partial charge on any atom is -0.467 e. The molecule has 0 N–H and O–H groups in total. The van der Waals surface area contributed by atoms with Gasteiger partial charge in [0, 0.05) is 22.6 Å². The van der Waals surface area contributed by atoms with Crippen LogP contribution in [0.15, 0.2) is 167 Å². The van der Waals surface area contributed by atoms with Crippen LogP contribution in [-0.2, 0) is 4.74 Å². The third-order valence-electron chi connectivity index (χ3n) is 10.9. The van der Waals surface area contributed by atoms with Crippen LogP contribution in [0.1, 0.15) is 62.3 Å². The van der Waals surface area contributed by atoms with E-state index in [2.05, 4.69) is 146 Å². The molecule has 0 aromatic heterocycles. The summed E-state index contributed by atoms with van der Waals surface area (Å²) in [5.41, 5.74) is 12.8. The van der Waals surface area contributed by atoms with Gasteiger partial charge in [0.2, 0.25) is 5.90 Å². The molecule has 0 spiro atoms. The SMILES string of the molecule is CC1C=CC=C(C2=CC=C(N(C3=CC=CCC3)c3ccc(-c4ccc5ccc6c(c5c4)C4N=C(c5ccccc5)OC4C=C6)cc3)CC2C)C1. The standard InChI is InChI=1S/C47H42N2O/c1-31-10-9-13-38(28-31)42-26-25-41(29-32(42)2)49(39-14-7-4-8-15-39)40-23-20-33(21-24-40)37-19-17-34-16-18-35-22-27-44-46(45(35)43(34)30-37)48-47(50-44)36-11-5-3-6-12-36/h3-7,9-14,16-27,30-32,44,46H,8,15,28-29H2,1-2H3. The zero-order valence-corrected chi connectivity index (χ0v) is 28.8. The number of hydrogen-bond donors (Lipinski definition) is 0. The number of hydrogen-bond acceptors (Lipinski definition) is 3. The first kappa shape index (κ1) is 30.6. The van der Waals surface area contributed by atoms with E-state index in [1.165, 1.54) is 61.3 Å². The van der Waals surface area contributed by atoms with Crippen LogP contribution in [0.2, 0.25) is 0 Å². The van der Waals surface area contributed by atoms with Gasteiger partial charge in [0.25, 0.3) is 0 Å². The third-order valence-corrected chi connectivity index (χ3v) is 10.9. The molecule has 246 valence electrons. The molecule has 0 bridgehead atoms. The van der Waals surface area contributed by atoms with Crippen molar-refractivity contribution < 1.29 is 4.74 Å². The average Bonchev–Trinajstić information content (AvgIpc) is 3.61. The maximum Gasteiger partial charge on any atom is 0.217 e. The van der Waals surface area contributed by atoms with Crippen LogP contribution in [0.5, 0.6) is 0 Å². The molecule has 4 aliphatic carbocycles. The fourth-order valence-corrected chi connectivity index (χ4v) is 8.32. The minimum atomic E-state index is -0.0938. The Morgan fingerprint density at radius 1 is 0.740 bits per heavy atom. The first-order chi connectivity index (χ1) is 24.6. The Labute approximate surface area is 295 Å². The number of aliphatic imine (C=N–C) groups is 1. The Hall–Kier alpha value is -5.41. The third kappa shape index (κ3) is 5.61. The molecule has 0 radical (unpaired) electrons. The van der Waals surface area contributed by atoms with Crippen molar-refractivity contribution in [1.29, 1.82) is 0 Å². The number of anilines is 1. The number of fused-ring (bicyclic) bond motifs is 5. The second-order valence-corrected chi connectivity index (χ2v) is 14.3. The van der Waals surface area contributed by atoms with Crippen molar-refractivity contribution in [1.82, 2.24) is 0 Å². The summed E-state index contributed by atoms with van der Waals surface area (Å²) in [5, 5.41) is 2.47. The molecule has 5 aliphatic rings. The smallest absolute Gasteiger partial charge is 0.217 e. The van der Waals surface area contributed by atoms with Crippen LogP contribution in [0.3, 0.4) is 0 Å². The fourth-order valence-electron chi connectivity index (χ4n) is 8.32. The predicted molar refractivity (Wildman–Crippen MR) is 209 cm³/mol. The van der Waals surface area contributed by atoms with Crippen LogP contribution >= 0.6 is 0 Å². The summed E-state index contributed by atoms with van der Waals surface area (Å²) in [4.78, 5) is 7.66. The Balaban J connectivity index is 1.05. The highest BCUT2D eigenvalue weighted by atomic mass is 16.5. The highest BCUT2D eigenvalue weighted by molar-refractivity contribution is 5.98. The van der Waals surface area contributed by atoms with Crippen LogP contribution in [0.4, 0.5) is 5.69 Å². The molecule has 4 aromatic rings. The lowest BCUT2D eigenvalue weighted by atomic mass is 9.81. The highest BCUT2D eigenvalue weighted by Crippen LogP contribution is 2.43. The van der Waals surface area contributed by atoms with E-state index in [0.717, 1.165) is 37.1 Å². The molecule has 3 heteroatoms. The molecular formula is C47H42N2O. The van der Waals surface area contributed by atoms with E-state index in [9.17, 15) is 0 Å². The van der Waals surface area contributed by atoms with Gasteiger partial charge in [0.1, 0.15) is 12.1 Å². The van der Waals surface area contributed by atoms with Crippen molar-refractivity contribution in [3.05, 3.63) is 179 Å². The summed E-state index contributed by atoms with van der Waals surface area (Å²) in [6.45, 7) is 4.70. The number of benzene rings is 4. The Morgan fingerprint density at radius 2 is 1.58 bits per heavy atom. The predicted octanol–water partition coefficient (Wildman–Crippen LogP) is 11.8. The van der Waals surface area contributed by atoms with Crippen molar-refractivity contribution in [2.24, 2.45) is 16.8 Å². The van der Waals surface area contributed by atoms with E-state index in [1.54, 1.807) is 0 Å². The van der Waals surface area contributed by atoms with Crippen LogP contribution in [-0.4, -0.2) is 12.0 Å². The van der Waals surface area contributed by atoms with Gasteiger partial charge in [-0.25, -0.2) is 4.99 Å². The van der Waals surface area contributed by atoms with Gasteiger partial charge in [-0.05, 0) is 130 Å². The fraction of sp³-hybridized carbons (Fsp3) is 0.213. The molecule has 50 heavy (non-hydrogen) atoms. The largest absolute Gasteiger partial charge is 0.467 e. The molecule has 4 atom stereocenters. The second-order valence-electron chi connectivity index (χ2n) is 14.3. The monoisotopic (exact) mass is 650 g/mol. The summed E-state index contributed by atoms with van der Waals surface area (Å²) in [5.74, 6) is 1.79. The Bertz CT molecular complexity index is 2220. The van der Waals surface area contributed by atoms with E-state index in [1.807, 2.05) is 18.2 Å². The zero-order valence-electron chi connectivity index (χ0n) is 28.8. The number of rotatable bonds is 6. The normalized spacial score (nSPS) is 23.6. The number of allylic oxidation sites excluding steroid dienone is 12. The van der Waals surface area contributed by atoms with Gasteiger partial charge in [-0.1, -0.05) is 111 Å². The quantitative estimate of drug-likeness (QED) is 0.207. The van der Waals surface area contributed by atoms with E-state index < -0.39 is 0 Å². The molecule has 3 nitrogen and oxygen atoms in total. The highest BCUT2D eigenvalue weighted by Gasteiger charge is 2.35. The molecule has 1 aliphatic heterocycles. The summed E-state index contributed by atoms with van der Waals surface area (Å²) < 4.78 is 6.39. The molecule has 0 amide bonds. The minimum absolute atomic E-state index is 0.0621. The maximum absolute atomic E-state index is 6.39. The van der Waals surface area contributed by atoms with E-state index >= 15 is 0 Å². The van der Waals surface area contributed by atoms with E-state index in [-0.39, 0.29) is 12.1 Å². The lowest BCUT2D eigenvalue weighted by Crippen LogP contribution is -2.26. The van der Waals surface area contributed by atoms with Gasteiger partial charge in [-0.15, -0.1) is 0 Å². The van der Waals surface area contributed by atoms with E-state index in [4.69, 9.17) is 9.73 Å². The van der Waals surface area contributed by atoms with Crippen LogP contribution in [0.25, 0.3) is 28.0 Å². The first-order valence-corrected chi connectivity index (χ1v) is 18.2. The molecule has 0 saturated heterocycles. The average molecular weight is 651 g/mol. The van der Waals surface area contributed by atoms with Crippen molar-refractivity contribution in [2.75, 3.05) is 4.90 Å². The second kappa shape index (κ2) is 12.8. The zero-order chi connectivity index (χ0) is 33.6. The Morgan fingerprint density at radius 3 is 2.38 bits per heavy atom. The van der Waals surface area contributed by atoms with Gasteiger partial charge >= 0.3 is 0 Å². The molecular weight excluding hydrogens is 609 g/mol. The van der Waals surface area contributed by atoms with Gasteiger partial charge in [-0.3, -0.25) is 0 Å². The van der Waals surface area contributed by atoms with Gasteiger partial charge < -0.3 is 9.64 Å². The summed E-state index contributed by atoms with van der Waals surface area (Å²) in [6, 6.07) is 30.7. The topological polar surface area (TPSA) is 24.8 Å². The lowest BCUT2D eigenvalue weighted by molar-refractivity contribution is 0.243. The molecule has 4 aromatic carbocycles. The van der Waals surface area contributed by atoms with E-state index in [0.29, 0.717) is 11.8 Å². The van der Waals surface area contributed by atoms with Crippen molar-refractivity contribution in [3.8, 4) is 11.1 Å². The molecule has 9 rings (SSSR count). The number of ether oxygens (including phenoxy) is 1. The van der Waals surface area contributed by atoms with Crippen molar-refractivity contribution in [2.45, 2.75) is 51.7 Å². The van der Waals surface area contributed by atoms with Crippen molar-refractivity contribution >= 4 is 28.4 Å². The van der Waals surface area contributed by atoms with Crippen LogP contribution in [0, 0.1) is 11.8 Å². The summed E-state index contributed by atoms with van der Waals surface area (Å²) in [7, 11) is 0. The number of nitrogens with zero attached hydrogens (tertiary/aromatic N) is 2. The lowest BCUT2D eigenvalue weighted by Gasteiger charge is -2.35. The molecule has 1 heterocycles. The molecule has 4 unspecified atom stereocenters. The summed E-state index contributed by atoms with van der Waals surface area (Å²) in [6.07, 6.45) is 26.9. The molecule has 0 saturated carbocycles. The van der Waals surface area contributed by atoms with Gasteiger partial charge in [0.05, 0.1) is 0 Å². The maximum atomic E-state index is 6.39. The summed E-state index contributed by atoms with van der Waals surface area (Å²) >= 11 is 0. The van der Waals surface area contributed by atoms with Gasteiger partial charge in [-0.2, -0.15) is 0 Å². The van der Waals surface area contributed by atoms with Crippen molar-refractivity contribution in [3.63, 3.8) is 0 Å². The van der Waals surface area contributed by atoms with Gasteiger partial charge in [0.15, 0.2) is 0 Å². The van der Waals surface area contributed by atoms with Crippen LogP contribution < -0.4 is 4.90 Å².